The van der Waals surface area contributed by atoms with Gasteiger partial charge in [-0.2, -0.15) is 0 Å². The molecule has 0 bridgehead atoms. The Morgan fingerprint density at radius 2 is 1.88 bits per heavy atom. The van der Waals surface area contributed by atoms with Gasteiger partial charge in [-0.3, -0.25) is 0 Å². The maximum Gasteiger partial charge on any atom is 0.322 e. The molecule has 1 aromatic heterocycles. The highest BCUT2D eigenvalue weighted by molar-refractivity contribution is 5.91. The summed E-state index contributed by atoms with van der Waals surface area (Å²) in [5, 5.41) is 2.91. The van der Waals surface area contributed by atoms with Crippen LogP contribution in [0.1, 0.15) is 0 Å². The lowest BCUT2D eigenvalue weighted by Crippen LogP contribution is -2.50. The number of pyridine rings is 1. The molecule has 0 saturated carbocycles. The zero-order valence-corrected chi connectivity index (χ0v) is 14.4. The van der Waals surface area contributed by atoms with E-state index in [4.69, 9.17) is 9.47 Å². The first-order chi connectivity index (χ1) is 12.2. The van der Waals surface area contributed by atoms with Gasteiger partial charge in [-0.05, 0) is 24.3 Å². The molecule has 0 atom stereocenters. The summed E-state index contributed by atoms with van der Waals surface area (Å²) in [5.74, 6) is 2.20. The number of carbonyl (C=O) groups is 1. The van der Waals surface area contributed by atoms with E-state index in [1.165, 1.54) is 0 Å². The van der Waals surface area contributed by atoms with E-state index in [1.54, 1.807) is 43.5 Å². The summed E-state index contributed by atoms with van der Waals surface area (Å²) in [4.78, 5) is 20.9. The van der Waals surface area contributed by atoms with Gasteiger partial charge in [-0.15, -0.1) is 0 Å². The Hall–Kier alpha value is -2.96. The van der Waals surface area contributed by atoms with Gasteiger partial charge in [0.05, 0.1) is 19.9 Å². The minimum Gasteiger partial charge on any atom is -0.497 e. The second-order valence-electron chi connectivity index (χ2n) is 5.66. The second-order valence-corrected chi connectivity index (χ2v) is 5.66. The van der Waals surface area contributed by atoms with E-state index in [0.29, 0.717) is 30.3 Å². The number of ether oxygens (including phenoxy) is 2. The van der Waals surface area contributed by atoms with Crippen LogP contribution in [0.5, 0.6) is 11.5 Å². The van der Waals surface area contributed by atoms with E-state index in [9.17, 15) is 4.79 Å². The van der Waals surface area contributed by atoms with Crippen LogP contribution >= 0.6 is 0 Å². The topological polar surface area (TPSA) is 66.9 Å². The van der Waals surface area contributed by atoms with Gasteiger partial charge in [0, 0.05) is 38.4 Å². The minimum absolute atomic E-state index is 0.146. The van der Waals surface area contributed by atoms with Crippen LogP contribution in [-0.2, 0) is 0 Å². The highest BCUT2D eigenvalue weighted by atomic mass is 16.5. The van der Waals surface area contributed by atoms with Crippen molar-refractivity contribution < 1.29 is 14.3 Å². The predicted molar refractivity (Wildman–Crippen MR) is 96.6 cm³/mol. The van der Waals surface area contributed by atoms with E-state index in [2.05, 4.69) is 15.2 Å². The number of aromatic nitrogens is 1. The Morgan fingerprint density at radius 1 is 1.08 bits per heavy atom. The Bertz CT molecular complexity index is 716. The zero-order chi connectivity index (χ0) is 17.6. The fourth-order valence-corrected chi connectivity index (χ4v) is 2.79. The minimum atomic E-state index is -0.146. The quantitative estimate of drug-likeness (QED) is 0.924. The van der Waals surface area contributed by atoms with E-state index >= 15 is 0 Å². The molecule has 1 saturated heterocycles. The molecule has 2 amide bonds. The molecule has 0 spiro atoms. The fourth-order valence-electron chi connectivity index (χ4n) is 2.79. The maximum absolute atomic E-state index is 12.6. The third-order valence-corrected chi connectivity index (χ3v) is 4.19. The molecule has 1 N–H and O–H groups in total. The van der Waals surface area contributed by atoms with Crippen LogP contribution < -0.4 is 19.7 Å². The van der Waals surface area contributed by atoms with Gasteiger partial charge in [0.2, 0.25) is 0 Å². The summed E-state index contributed by atoms with van der Waals surface area (Å²) in [6, 6.07) is 11.0. The average molecular weight is 342 g/mol. The Balaban J connectivity index is 1.62. The van der Waals surface area contributed by atoms with Crippen molar-refractivity contribution in [2.24, 2.45) is 0 Å². The van der Waals surface area contributed by atoms with Crippen molar-refractivity contribution in [2.45, 2.75) is 0 Å². The van der Waals surface area contributed by atoms with Crippen molar-refractivity contribution in [3.63, 3.8) is 0 Å². The first-order valence-corrected chi connectivity index (χ1v) is 8.15. The molecule has 25 heavy (non-hydrogen) atoms. The number of hydrogen-bond donors (Lipinski definition) is 1. The largest absolute Gasteiger partial charge is 0.497 e. The second kappa shape index (κ2) is 7.74. The number of anilines is 2. The predicted octanol–water partition coefficient (Wildman–Crippen LogP) is 2.45. The summed E-state index contributed by atoms with van der Waals surface area (Å²) >= 11 is 0. The Kier molecular flexibility index (Phi) is 5.23. The first kappa shape index (κ1) is 16.9. The molecule has 1 fully saturated rings. The molecule has 132 valence electrons. The van der Waals surface area contributed by atoms with Crippen molar-refractivity contribution in [3.8, 4) is 11.5 Å². The third-order valence-electron chi connectivity index (χ3n) is 4.19. The van der Waals surface area contributed by atoms with Crippen molar-refractivity contribution in [3.05, 3.63) is 42.6 Å². The van der Waals surface area contributed by atoms with Crippen LogP contribution in [0.4, 0.5) is 16.3 Å². The lowest BCUT2D eigenvalue weighted by molar-refractivity contribution is 0.208. The van der Waals surface area contributed by atoms with Crippen LogP contribution in [0.2, 0.25) is 0 Å². The summed E-state index contributed by atoms with van der Waals surface area (Å²) in [6.45, 7) is 2.77. The number of piperazine rings is 1. The van der Waals surface area contributed by atoms with E-state index in [1.807, 2.05) is 18.2 Å². The summed E-state index contributed by atoms with van der Waals surface area (Å²) < 4.78 is 10.5. The van der Waals surface area contributed by atoms with Crippen molar-refractivity contribution in [1.29, 1.82) is 0 Å². The van der Waals surface area contributed by atoms with Gasteiger partial charge in [0.1, 0.15) is 17.3 Å². The normalized spacial score (nSPS) is 14.2. The molecule has 0 aliphatic carbocycles. The molecule has 2 heterocycles. The lowest BCUT2D eigenvalue weighted by Gasteiger charge is -2.35. The molecular formula is C18H22N4O3. The molecule has 0 radical (unpaired) electrons. The highest BCUT2D eigenvalue weighted by Gasteiger charge is 2.22. The number of carbonyl (C=O) groups excluding carboxylic acids is 1. The lowest BCUT2D eigenvalue weighted by atomic mass is 10.2. The highest BCUT2D eigenvalue weighted by Crippen LogP contribution is 2.29. The molecule has 1 aromatic carbocycles. The molecule has 7 nitrogen and oxygen atoms in total. The number of nitrogens with zero attached hydrogens (tertiary/aromatic N) is 3. The van der Waals surface area contributed by atoms with Crippen molar-refractivity contribution in [2.75, 3.05) is 50.6 Å². The standard InChI is InChI=1S/C18H22N4O3/c1-24-14-6-7-16(25-2)15(13-14)20-18(23)22-11-9-21(10-12-22)17-5-3-4-8-19-17/h3-8,13H,9-12H2,1-2H3,(H,20,23). The first-order valence-electron chi connectivity index (χ1n) is 8.15. The SMILES string of the molecule is COc1ccc(OC)c(NC(=O)N2CCN(c3ccccn3)CC2)c1. The zero-order valence-electron chi connectivity index (χ0n) is 14.4. The van der Waals surface area contributed by atoms with Crippen LogP contribution in [0.15, 0.2) is 42.6 Å². The molecule has 0 unspecified atom stereocenters. The molecule has 1 aliphatic heterocycles. The van der Waals surface area contributed by atoms with Gasteiger partial charge >= 0.3 is 6.03 Å². The van der Waals surface area contributed by atoms with Crippen LogP contribution in [0, 0.1) is 0 Å². The van der Waals surface area contributed by atoms with Gasteiger partial charge in [0.25, 0.3) is 0 Å². The van der Waals surface area contributed by atoms with E-state index in [0.717, 1.165) is 18.9 Å². The van der Waals surface area contributed by atoms with Gasteiger partial charge in [-0.1, -0.05) is 6.07 Å². The number of hydrogen-bond acceptors (Lipinski definition) is 5. The molecule has 1 aliphatic rings. The van der Waals surface area contributed by atoms with Crippen molar-refractivity contribution >= 4 is 17.5 Å². The summed E-state index contributed by atoms with van der Waals surface area (Å²) in [6.07, 6.45) is 1.78. The smallest absolute Gasteiger partial charge is 0.322 e. The van der Waals surface area contributed by atoms with Crippen LogP contribution in [-0.4, -0.2) is 56.3 Å². The Labute approximate surface area is 147 Å². The van der Waals surface area contributed by atoms with Gasteiger partial charge in [-0.25, -0.2) is 9.78 Å². The van der Waals surface area contributed by atoms with Gasteiger partial charge < -0.3 is 24.6 Å². The number of amides is 2. The monoisotopic (exact) mass is 342 g/mol. The van der Waals surface area contributed by atoms with E-state index in [-0.39, 0.29) is 6.03 Å². The van der Waals surface area contributed by atoms with E-state index < -0.39 is 0 Å². The van der Waals surface area contributed by atoms with Crippen molar-refractivity contribution in [1.82, 2.24) is 9.88 Å². The average Bonchev–Trinajstić information content (AvgIpc) is 2.68. The summed E-state index contributed by atoms with van der Waals surface area (Å²) in [7, 11) is 3.16. The molecule has 3 rings (SSSR count). The maximum atomic E-state index is 12.6. The number of rotatable bonds is 4. The summed E-state index contributed by atoms with van der Waals surface area (Å²) in [5.41, 5.74) is 0.596. The van der Waals surface area contributed by atoms with Crippen LogP contribution in [0.25, 0.3) is 0 Å². The number of methoxy groups -OCH3 is 2. The third kappa shape index (κ3) is 3.93. The molecular weight excluding hydrogens is 320 g/mol. The number of urea groups is 1. The van der Waals surface area contributed by atoms with Gasteiger partial charge in [0.15, 0.2) is 0 Å². The molecule has 2 aromatic rings. The number of nitrogens with one attached hydrogen (secondary N) is 1. The molecule has 7 heteroatoms. The fraction of sp³-hybridized carbons (Fsp3) is 0.333. The Morgan fingerprint density at radius 3 is 2.52 bits per heavy atom. The van der Waals surface area contributed by atoms with Crippen LogP contribution in [0.3, 0.4) is 0 Å². The number of benzene rings is 1.